The summed E-state index contributed by atoms with van der Waals surface area (Å²) in [5, 5.41) is 0. The fourth-order valence-corrected chi connectivity index (χ4v) is 0.753. The summed E-state index contributed by atoms with van der Waals surface area (Å²) >= 11 is 0. The summed E-state index contributed by atoms with van der Waals surface area (Å²) in [6, 6.07) is 0. The van der Waals surface area contributed by atoms with Crippen LogP contribution >= 0.6 is 0 Å². The number of unbranched alkanes of at least 4 members (excludes halogenated alkanes) is 1. The van der Waals surface area contributed by atoms with Crippen LogP contribution in [0.5, 0.6) is 0 Å². The number of hydrogen-bond donors (Lipinski definition) is 2. The molecule has 0 aromatic rings. The molecule has 1 amide bonds. The van der Waals surface area contributed by atoms with E-state index in [0.717, 1.165) is 0 Å². The predicted octanol–water partition coefficient (Wildman–Crippen LogP) is -0.246. The normalized spacial score (nSPS) is 9.50. The van der Waals surface area contributed by atoms with Gasteiger partial charge in [-0.1, -0.05) is 0 Å². The van der Waals surface area contributed by atoms with Crippen molar-refractivity contribution in [2.45, 2.75) is 19.3 Å². The molecule has 0 fully saturated rings. The first kappa shape index (κ1) is 12.7. The molecule has 14 heavy (non-hydrogen) atoms. The molecule has 0 radical (unpaired) electrons. The van der Waals surface area contributed by atoms with Crippen LogP contribution in [0.1, 0.15) is 19.3 Å². The third kappa shape index (κ3) is 8.79. The summed E-state index contributed by atoms with van der Waals surface area (Å²) in [5.74, 6) is -0.302. The van der Waals surface area contributed by atoms with Crippen LogP contribution in [-0.4, -0.2) is 31.8 Å². The lowest BCUT2D eigenvalue weighted by atomic mass is 10.3. The maximum Gasteiger partial charge on any atom is 0.404 e. The number of rotatable bonds is 7. The third-order valence-corrected chi connectivity index (χ3v) is 1.39. The van der Waals surface area contributed by atoms with E-state index in [1.165, 1.54) is 0 Å². The zero-order valence-corrected chi connectivity index (χ0v) is 8.03. The van der Waals surface area contributed by atoms with Crippen molar-refractivity contribution >= 4 is 12.1 Å². The molecule has 6 heteroatoms. The highest BCUT2D eigenvalue weighted by atomic mass is 16.5. The Morgan fingerprint density at radius 1 is 1.07 bits per heavy atom. The van der Waals surface area contributed by atoms with Crippen LogP contribution in [0.15, 0.2) is 0 Å². The average Bonchev–Trinajstić information content (AvgIpc) is 2.11. The molecule has 0 saturated carbocycles. The number of esters is 1. The Labute approximate surface area is 82.5 Å². The first-order valence-corrected chi connectivity index (χ1v) is 4.44. The van der Waals surface area contributed by atoms with Gasteiger partial charge in [-0.3, -0.25) is 4.79 Å². The Morgan fingerprint density at radius 3 is 2.14 bits per heavy atom. The Kier molecular flexibility index (Phi) is 7.53. The topological polar surface area (TPSA) is 105 Å². The van der Waals surface area contributed by atoms with Gasteiger partial charge < -0.3 is 20.9 Å². The molecular weight excluding hydrogens is 188 g/mol. The van der Waals surface area contributed by atoms with Gasteiger partial charge in [-0.05, 0) is 12.8 Å². The second-order valence-corrected chi connectivity index (χ2v) is 2.63. The molecule has 0 heterocycles. The van der Waals surface area contributed by atoms with Gasteiger partial charge in [0.2, 0.25) is 0 Å². The van der Waals surface area contributed by atoms with E-state index < -0.39 is 6.09 Å². The van der Waals surface area contributed by atoms with E-state index in [0.29, 0.717) is 26.0 Å². The zero-order chi connectivity index (χ0) is 10.8. The Morgan fingerprint density at radius 2 is 1.64 bits per heavy atom. The minimum atomic E-state index is -0.787. The van der Waals surface area contributed by atoms with Crippen molar-refractivity contribution in [1.82, 2.24) is 0 Å². The molecule has 0 unspecified atom stereocenters. The van der Waals surface area contributed by atoms with Gasteiger partial charge in [-0.15, -0.1) is 0 Å². The highest BCUT2D eigenvalue weighted by Crippen LogP contribution is 1.93. The molecule has 6 nitrogen and oxygen atoms in total. The van der Waals surface area contributed by atoms with Crippen molar-refractivity contribution < 1.29 is 19.1 Å². The van der Waals surface area contributed by atoms with E-state index in [4.69, 9.17) is 16.2 Å². The fraction of sp³-hybridized carbons (Fsp3) is 0.750. The minimum Gasteiger partial charge on any atom is -0.466 e. The molecule has 0 spiro atoms. The van der Waals surface area contributed by atoms with E-state index in [2.05, 4.69) is 4.74 Å². The Bertz CT molecular complexity index is 184. The largest absolute Gasteiger partial charge is 0.466 e. The summed E-state index contributed by atoms with van der Waals surface area (Å²) in [7, 11) is 0. The Balaban J connectivity index is 3.13. The summed E-state index contributed by atoms with van der Waals surface area (Å²) in [4.78, 5) is 20.9. The van der Waals surface area contributed by atoms with Gasteiger partial charge in [0.15, 0.2) is 0 Å². The van der Waals surface area contributed by atoms with E-state index >= 15 is 0 Å². The van der Waals surface area contributed by atoms with E-state index in [1.807, 2.05) is 0 Å². The SMILES string of the molecule is NCCC(=O)OCCCCOC(N)=O. The number of primary amides is 1. The van der Waals surface area contributed by atoms with Gasteiger partial charge in [0.1, 0.15) is 0 Å². The summed E-state index contributed by atoms with van der Waals surface area (Å²) < 4.78 is 9.27. The van der Waals surface area contributed by atoms with Gasteiger partial charge in [0.05, 0.1) is 19.6 Å². The maximum absolute atomic E-state index is 10.8. The Hall–Kier alpha value is -1.30. The monoisotopic (exact) mass is 204 g/mol. The predicted molar refractivity (Wildman–Crippen MR) is 49.4 cm³/mol. The van der Waals surface area contributed by atoms with Gasteiger partial charge in [0.25, 0.3) is 0 Å². The standard InChI is InChI=1S/C8H16N2O4/c9-4-3-7(11)13-5-1-2-6-14-8(10)12/h1-6,9H2,(H2,10,12). The number of nitrogens with two attached hydrogens (primary N) is 2. The summed E-state index contributed by atoms with van der Waals surface area (Å²) in [6.45, 7) is 0.869. The average molecular weight is 204 g/mol. The molecule has 0 saturated heterocycles. The van der Waals surface area contributed by atoms with Crippen molar-refractivity contribution in [3.63, 3.8) is 0 Å². The van der Waals surface area contributed by atoms with Gasteiger partial charge >= 0.3 is 12.1 Å². The van der Waals surface area contributed by atoms with Crippen molar-refractivity contribution in [2.75, 3.05) is 19.8 Å². The second kappa shape index (κ2) is 8.31. The molecule has 0 aromatic heterocycles. The number of carbonyl (C=O) groups excluding carboxylic acids is 2. The van der Waals surface area contributed by atoms with Crippen LogP contribution in [0, 0.1) is 0 Å². The van der Waals surface area contributed by atoms with Crippen LogP contribution < -0.4 is 11.5 Å². The summed E-state index contributed by atoms with van der Waals surface area (Å²) in [6.07, 6.45) is 0.713. The van der Waals surface area contributed by atoms with Crippen LogP contribution in [-0.2, 0) is 14.3 Å². The lowest BCUT2D eigenvalue weighted by molar-refractivity contribution is -0.143. The number of ether oxygens (including phenoxy) is 2. The fourth-order valence-electron chi connectivity index (χ4n) is 0.753. The van der Waals surface area contributed by atoms with Crippen LogP contribution in [0.2, 0.25) is 0 Å². The van der Waals surface area contributed by atoms with E-state index in [9.17, 15) is 9.59 Å². The van der Waals surface area contributed by atoms with Crippen molar-refractivity contribution in [1.29, 1.82) is 0 Å². The molecule has 0 aromatic carbocycles. The highest BCUT2D eigenvalue weighted by molar-refractivity contribution is 5.69. The smallest absolute Gasteiger partial charge is 0.404 e. The maximum atomic E-state index is 10.8. The highest BCUT2D eigenvalue weighted by Gasteiger charge is 2.00. The molecule has 0 atom stereocenters. The molecule has 0 rings (SSSR count). The molecule has 0 aliphatic rings. The first-order valence-electron chi connectivity index (χ1n) is 4.44. The molecular formula is C8H16N2O4. The van der Waals surface area contributed by atoms with Gasteiger partial charge in [-0.25, -0.2) is 4.79 Å². The lowest BCUT2D eigenvalue weighted by Crippen LogP contribution is -2.14. The lowest BCUT2D eigenvalue weighted by Gasteiger charge is -2.03. The summed E-state index contributed by atoms with van der Waals surface area (Å²) in [5.41, 5.74) is 9.88. The third-order valence-electron chi connectivity index (χ3n) is 1.39. The second-order valence-electron chi connectivity index (χ2n) is 2.63. The molecule has 0 aliphatic carbocycles. The van der Waals surface area contributed by atoms with E-state index in [1.54, 1.807) is 0 Å². The number of hydrogen-bond acceptors (Lipinski definition) is 5. The van der Waals surface area contributed by atoms with Crippen LogP contribution in [0.25, 0.3) is 0 Å². The minimum absolute atomic E-state index is 0.234. The number of amides is 1. The first-order chi connectivity index (χ1) is 6.66. The van der Waals surface area contributed by atoms with E-state index in [-0.39, 0.29) is 19.0 Å². The molecule has 4 N–H and O–H groups in total. The molecule has 82 valence electrons. The van der Waals surface area contributed by atoms with Crippen LogP contribution in [0.4, 0.5) is 4.79 Å². The van der Waals surface area contributed by atoms with Gasteiger partial charge in [-0.2, -0.15) is 0 Å². The van der Waals surface area contributed by atoms with Crippen molar-refractivity contribution in [2.24, 2.45) is 11.5 Å². The number of carbonyl (C=O) groups is 2. The van der Waals surface area contributed by atoms with Crippen LogP contribution in [0.3, 0.4) is 0 Å². The van der Waals surface area contributed by atoms with Crippen molar-refractivity contribution in [3.8, 4) is 0 Å². The zero-order valence-electron chi connectivity index (χ0n) is 8.03. The molecule has 0 bridgehead atoms. The van der Waals surface area contributed by atoms with Gasteiger partial charge in [0, 0.05) is 6.54 Å². The quantitative estimate of drug-likeness (QED) is 0.439. The van der Waals surface area contributed by atoms with Crippen molar-refractivity contribution in [3.05, 3.63) is 0 Å². The molecule has 0 aliphatic heterocycles.